The van der Waals surface area contributed by atoms with Crippen molar-refractivity contribution in [2.45, 2.75) is 12.5 Å². The molecule has 4 amide bonds. The maximum absolute atomic E-state index is 12.9. The zero-order valence-corrected chi connectivity index (χ0v) is 15.2. The third-order valence-corrected chi connectivity index (χ3v) is 5.26. The lowest BCUT2D eigenvalue weighted by molar-refractivity contribution is -0.135. The van der Waals surface area contributed by atoms with Gasteiger partial charge in [0, 0.05) is 31.6 Å². The van der Waals surface area contributed by atoms with E-state index in [2.05, 4.69) is 10.2 Å². The molecule has 2 fully saturated rings. The van der Waals surface area contributed by atoms with E-state index in [0.717, 1.165) is 28.8 Å². The Kier molecular flexibility index (Phi) is 4.53. The fourth-order valence-electron chi connectivity index (χ4n) is 3.66. The topological polar surface area (TPSA) is 73.0 Å². The third kappa shape index (κ3) is 3.26. The Hall–Kier alpha value is -2.93. The van der Waals surface area contributed by atoms with E-state index in [-0.39, 0.29) is 18.2 Å². The van der Waals surface area contributed by atoms with Crippen molar-refractivity contribution in [3.05, 3.63) is 42.5 Å². The molecular weight excluding hydrogens is 344 g/mol. The molecule has 1 atom stereocenters. The molecule has 4 rings (SSSR count). The maximum Gasteiger partial charge on any atom is 0.329 e. The van der Waals surface area contributed by atoms with Gasteiger partial charge in [0.15, 0.2) is 0 Å². The van der Waals surface area contributed by atoms with E-state index in [1.54, 1.807) is 11.0 Å². The van der Waals surface area contributed by atoms with Crippen molar-refractivity contribution in [3.63, 3.8) is 0 Å². The number of amides is 4. The second kappa shape index (κ2) is 7.00. The number of hydrogen-bond donors (Lipinski definition) is 1. The van der Waals surface area contributed by atoms with Gasteiger partial charge in [-0.25, -0.2) is 9.69 Å². The van der Waals surface area contributed by atoms with Crippen molar-refractivity contribution in [1.82, 2.24) is 15.1 Å². The lowest BCUT2D eigenvalue weighted by atomic mass is 10.1. The molecule has 140 valence electrons. The van der Waals surface area contributed by atoms with Crippen molar-refractivity contribution in [2.24, 2.45) is 0 Å². The quantitative estimate of drug-likeness (QED) is 0.834. The minimum absolute atomic E-state index is 0.00441. The molecule has 0 radical (unpaired) electrons. The Morgan fingerprint density at radius 1 is 1.04 bits per heavy atom. The first kappa shape index (κ1) is 17.5. The van der Waals surface area contributed by atoms with Crippen molar-refractivity contribution in [2.75, 3.05) is 38.1 Å². The van der Waals surface area contributed by atoms with Crippen LogP contribution < -0.4 is 10.2 Å². The number of rotatable bonds is 3. The van der Waals surface area contributed by atoms with Crippen LogP contribution in [0.4, 0.5) is 10.5 Å². The highest BCUT2D eigenvalue weighted by Crippen LogP contribution is 2.29. The van der Waals surface area contributed by atoms with Gasteiger partial charge in [-0.2, -0.15) is 0 Å². The highest BCUT2D eigenvalue weighted by atomic mass is 16.2. The molecule has 2 saturated heterocycles. The molecule has 27 heavy (non-hydrogen) atoms. The largest absolute Gasteiger partial charge is 0.340 e. The molecule has 2 aromatic rings. The Bertz CT molecular complexity index is 900. The summed E-state index contributed by atoms with van der Waals surface area (Å²) in [5, 5.41) is 4.45. The molecule has 2 heterocycles. The number of nitrogens with zero attached hydrogens (tertiary/aromatic N) is 3. The summed E-state index contributed by atoms with van der Waals surface area (Å²) >= 11 is 0. The summed E-state index contributed by atoms with van der Waals surface area (Å²) < 4.78 is 0. The number of fused-ring (bicyclic) bond motifs is 1. The number of carbonyl (C=O) groups excluding carboxylic acids is 3. The molecule has 2 aliphatic heterocycles. The smallest absolute Gasteiger partial charge is 0.329 e. The van der Waals surface area contributed by atoms with Gasteiger partial charge in [-0.3, -0.25) is 9.59 Å². The van der Waals surface area contributed by atoms with Crippen LogP contribution in [0, 0.1) is 0 Å². The van der Waals surface area contributed by atoms with Crippen LogP contribution in [-0.2, 0) is 9.59 Å². The number of anilines is 1. The molecule has 0 saturated carbocycles. The van der Waals surface area contributed by atoms with Crippen LogP contribution >= 0.6 is 0 Å². The average Bonchev–Trinajstić information content (AvgIpc) is 2.95. The molecule has 2 aliphatic rings. The number of urea groups is 1. The Labute approximate surface area is 157 Å². The number of benzene rings is 2. The lowest BCUT2D eigenvalue weighted by Crippen LogP contribution is -2.48. The first-order valence-electron chi connectivity index (χ1n) is 9.13. The van der Waals surface area contributed by atoms with Crippen molar-refractivity contribution in [1.29, 1.82) is 0 Å². The van der Waals surface area contributed by atoms with Gasteiger partial charge in [0.25, 0.3) is 5.91 Å². The number of hydrogen-bond acceptors (Lipinski definition) is 4. The molecule has 1 unspecified atom stereocenters. The summed E-state index contributed by atoms with van der Waals surface area (Å²) in [6.07, 6.45) is -0.00441. The van der Waals surface area contributed by atoms with E-state index in [1.807, 2.05) is 43.4 Å². The van der Waals surface area contributed by atoms with E-state index in [4.69, 9.17) is 0 Å². The van der Waals surface area contributed by atoms with E-state index in [9.17, 15) is 14.4 Å². The maximum atomic E-state index is 12.9. The summed E-state index contributed by atoms with van der Waals surface area (Å²) in [6.45, 7) is 2.94. The molecular formula is C20H22N4O3. The summed E-state index contributed by atoms with van der Waals surface area (Å²) in [5.74, 6) is -0.472. The standard InChI is InChI=1S/C20H22N4O3/c1-22-9-11-23(12-10-22)18(25)13-16-19(26)24(20(27)21-16)17-8-4-6-14-5-2-3-7-15(14)17/h2-8,16H,9-13H2,1H3,(H,21,27). The Morgan fingerprint density at radius 3 is 2.52 bits per heavy atom. The molecule has 0 aliphatic carbocycles. The molecule has 0 bridgehead atoms. The fourth-order valence-corrected chi connectivity index (χ4v) is 3.66. The fraction of sp³-hybridized carbons (Fsp3) is 0.350. The molecule has 0 aromatic heterocycles. The SMILES string of the molecule is CN1CCN(C(=O)CC2NC(=O)N(c3cccc4ccccc34)C2=O)CC1. The van der Waals surface area contributed by atoms with Crippen molar-refractivity contribution in [3.8, 4) is 0 Å². The number of carbonyl (C=O) groups is 3. The number of nitrogens with one attached hydrogen (secondary N) is 1. The van der Waals surface area contributed by atoms with Crippen LogP contribution in [0.25, 0.3) is 10.8 Å². The third-order valence-electron chi connectivity index (χ3n) is 5.26. The van der Waals surface area contributed by atoms with Crippen LogP contribution in [0.2, 0.25) is 0 Å². The van der Waals surface area contributed by atoms with E-state index < -0.39 is 12.1 Å². The number of imide groups is 1. The van der Waals surface area contributed by atoms with E-state index in [0.29, 0.717) is 18.8 Å². The minimum atomic E-state index is -0.816. The second-order valence-electron chi connectivity index (χ2n) is 7.06. The molecule has 7 nitrogen and oxygen atoms in total. The van der Waals surface area contributed by atoms with Gasteiger partial charge in [0.05, 0.1) is 12.1 Å². The summed E-state index contributed by atoms with van der Waals surface area (Å²) in [7, 11) is 2.02. The molecule has 1 N–H and O–H groups in total. The zero-order chi connectivity index (χ0) is 19.0. The average molecular weight is 366 g/mol. The van der Waals surface area contributed by atoms with Gasteiger partial charge in [-0.1, -0.05) is 36.4 Å². The second-order valence-corrected chi connectivity index (χ2v) is 7.06. The van der Waals surface area contributed by atoms with E-state index >= 15 is 0 Å². The van der Waals surface area contributed by atoms with Crippen LogP contribution in [0.1, 0.15) is 6.42 Å². The van der Waals surface area contributed by atoms with Gasteiger partial charge >= 0.3 is 6.03 Å². The number of piperazine rings is 1. The summed E-state index contributed by atoms with van der Waals surface area (Å²) in [5.41, 5.74) is 0.546. The predicted octanol–water partition coefficient (Wildman–Crippen LogP) is 1.43. The van der Waals surface area contributed by atoms with Gasteiger partial charge in [-0.05, 0) is 18.5 Å². The van der Waals surface area contributed by atoms with Gasteiger partial charge in [0.2, 0.25) is 5.91 Å². The first-order chi connectivity index (χ1) is 13.0. The molecule has 0 spiro atoms. The van der Waals surface area contributed by atoms with Gasteiger partial charge in [-0.15, -0.1) is 0 Å². The molecule has 2 aromatic carbocycles. The number of likely N-dealkylation sites (N-methyl/N-ethyl adjacent to an activating group) is 1. The normalized spacial score (nSPS) is 21.0. The van der Waals surface area contributed by atoms with Crippen molar-refractivity contribution < 1.29 is 14.4 Å². The minimum Gasteiger partial charge on any atom is -0.340 e. The van der Waals surface area contributed by atoms with Crippen molar-refractivity contribution >= 4 is 34.3 Å². The molecule has 7 heteroatoms. The Morgan fingerprint density at radius 2 is 1.74 bits per heavy atom. The predicted molar refractivity (Wildman–Crippen MR) is 102 cm³/mol. The van der Waals surface area contributed by atoms with Gasteiger partial charge < -0.3 is 15.1 Å². The zero-order valence-electron chi connectivity index (χ0n) is 15.2. The van der Waals surface area contributed by atoms with Crippen LogP contribution in [0.5, 0.6) is 0 Å². The Balaban J connectivity index is 1.53. The lowest BCUT2D eigenvalue weighted by Gasteiger charge is -2.32. The monoisotopic (exact) mass is 366 g/mol. The van der Waals surface area contributed by atoms with Gasteiger partial charge in [0.1, 0.15) is 6.04 Å². The highest BCUT2D eigenvalue weighted by Gasteiger charge is 2.41. The summed E-state index contributed by atoms with van der Waals surface area (Å²) in [6, 6.07) is 11.8. The van der Waals surface area contributed by atoms with Crippen LogP contribution in [-0.4, -0.2) is 66.9 Å². The van der Waals surface area contributed by atoms with Crippen LogP contribution in [0.3, 0.4) is 0 Å². The first-order valence-corrected chi connectivity index (χ1v) is 9.13. The van der Waals surface area contributed by atoms with E-state index in [1.165, 1.54) is 0 Å². The summed E-state index contributed by atoms with van der Waals surface area (Å²) in [4.78, 5) is 43.0. The van der Waals surface area contributed by atoms with Crippen LogP contribution in [0.15, 0.2) is 42.5 Å². The highest BCUT2D eigenvalue weighted by molar-refractivity contribution is 6.24.